The van der Waals surface area contributed by atoms with Crippen molar-refractivity contribution in [2.45, 2.75) is 12.6 Å². The third kappa shape index (κ3) is 3.35. The average molecular weight is 390 g/mol. The van der Waals surface area contributed by atoms with Crippen LogP contribution >= 0.6 is 0 Å². The number of hydrogen-bond donors (Lipinski definition) is 2. The maximum Gasteiger partial charge on any atom is 0.191 e. The Balaban J connectivity index is 1.95. The summed E-state index contributed by atoms with van der Waals surface area (Å²) < 4.78 is 0. The van der Waals surface area contributed by atoms with Gasteiger partial charge in [-0.25, -0.2) is 4.99 Å². The summed E-state index contributed by atoms with van der Waals surface area (Å²) in [4.78, 5) is 4.33. The number of allylic oxidation sites excluding steroid dienone is 2. The van der Waals surface area contributed by atoms with Crippen LogP contribution in [0.15, 0.2) is 94.8 Å². The van der Waals surface area contributed by atoms with Crippen molar-refractivity contribution >= 4 is 22.6 Å². The first kappa shape index (κ1) is 19.1. The summed E-state index contributed by atoms with van der Waals surface area (Å²) in [6, 6.07) is 26.9. The lowest BCUT2D eigenvalue weighted by Crippen LogP contribution is -2.44. The molecule has 0 aliphatic carbocycles. The van der Waals surface area contributed by atoms with Gasteiger partial charge in [0.15, 0.2) is 17.1 Å². The highest BCUT2D eigenvalue weighted by Crippen LogP contribution is 2.34. The Bertz CT molecular complexity index is 1310. The summed E-state index contributed by atoms with van der Waals surface area (Å²) in [5.41, 5.74) is 0.443. The standard InChI is InChI=1S/C25H18N4O/c1-17-22(14-18-11-12-19-7-5-6-8-20(19)13-18)25(30,21-9-3-2-4-10-21)29-24(16-27)23(15-26)28-17/h2-14,29-30H,1H3. The van der Waals surface area contributed by atoms with Gasteiger partial charge in [0, 0.05) is 16.8 Å². The molecule has 1 unspecified atom stereocenters. The molecule has 0 saturated heterocycles. The third-order valence-corrected chi connectivity index (χ3v) is 5.10. The lowest BCUT2D eigenvalue weighted by Gasteiger charge is -2.31. The molecule has 1 heterocycles. The van der Waals surface area contributed by atoms with E-state index in [1.807, 2.05) is 66.7 Å². The second kappa shape index (κ2) is 7.67. The molecule has 0 aromatic heterocycles. The Morgan fingerprint density at radius 3 is 2.33 bits per heavy atom. The van der Waals surface area contributed by atoms with Crippen molar-refractivity contribution in [3.8, 4) is 12.1 Å². The molecular formula is C25H18N4O. The number of aliphatic hydroxyl groups is 1. The number of rotatable bonds is 2. The molecule has 5 heteroatoms. The first-order chi connectivity index (χ1) is 14.5. The summed E-state index contributed by atoms with van der Waals surface area (Å²) >= 11 is 0. The Labute approximate surface area is 174 Å². The van der Waals surface area contributed by atoms with E-state index >= 15 is 0 Å². The van der Waals surface area contributed by atoms with Crippen molar-refractivity contribution in [1.82, 2.24) is 5.32 Å². The summed E-state index contributed by atoms with van der Waals surface area (Å²) in [6.07, 6.45) is 1.83. The second-order valence-electron chi connectivity index (χ2n) is 7.01. The largest absolute Gasteiger partial charge is 0.363 e. The predicted octanol–water partition coefficient (Wildman–Crippen LogP) is 4.39. The molecule has 0 spiro atoms. The van der Waals surface area contributed by atoms with E-state index in [1.165, 1.54) is 0 Å². The van der Waals surface area contributed by atoms with Gasteiger partial charge < -0.3 is 10.4 Å². The molecule has 0 bridgehead atoms. The number of hydrogen-bond acceptors (Lipinski definition) is 5. The van der Waals surface area contributed by atoms with Crippen molar-refractivity contribution in [3.63, 3.8) is 0 Å². The molecule has 0 saturated carbocycles. The SMILES string of the molecule is CC1=NC(C#N)=C(C#N)NC(O)(c2ccccc2)C1=Cc1ccc2ccccc2c1. The van der Waals surface area contributed by atoms with E-state index in [4.69, 9.17) is 0 Å². The fraction of sp³-hybridized carbons (Fsp3) is 0.0800. The summed E-state index contributed by atoms with van der Waals surface area (Å²) in [5.74, 6) is 0. The van der Waals surface area contributed by atoms with Crippen molar-refractivity contribution in [2.75, 3.05) is 0 Å². The molecule has 1 aliphatic heterocycles. The van der Waals surface area contributed by atoms with Gasteiger partial charge in [0.25, 0.3) is 0 Å². The molecule has 5 nitrogen and oxygen atoms in total. The Morgan fingerprint density at radius 1 is 0.933 bits per heavy atom. The van der Waals surface area contributed by atoms with Crippen LogP contribution in [0.2, 0.25) is 0 Å². The molecule has 1 aliphatic rings. The highest BCUT2D eigenvalue weighted by molar-refractivity contribution is 6.05. The molecule has 4 rings (SSSR count). The van der Waals surface area contributed by atoms with Gasteiger partial charge in [0.05, 0.1) is 0 Å². The molecule has 0 fully saturated rings. The lowest BCUT2D eigenvalue weighted by molar-refractivity contribution is 0.0585. The smallest absolute Gasteiger partial charge is 0.191 e. The number of nitrogens with one attached hydrogen (secondary N) is 1. The molecule has 3 aromatic rings. The van der Waals surface area contributed by atoms with E-state index in [0.717, 1.165) is 16.3 Å². The fourth-order valence-electron chi connectivity index (χ4n) is 3.60. The molecule has 2 N–H and O–H groups in total. The van der Waals surface area contributed by atoms with Crippen molar-refractivity contribution < 1.29 is 5.11 Å². The summed E-state index contributed by atoms with van der Waals surface area (Å²) in [5, 5.41) is 35.9. The normalized spacial score (nSPS) is 20.1. The zero-order valence-electron chi connectivity index (χ0n) is 16.3. The quantitative estimate of drug-likeness (QED) is 0.679. The van der Waals surface area contributed by atoms with Crippen LogP contribution in [-0.4, -0.2) is 10.8 Å². The van der Waals surface area contributed by atoms with Crippen LogP contribution in [0.5, 0.6) is 0 Å². The Kier molecular flexibility index (Phi) is 4.90. The van der Waals surface area contributed by atoms with Gasteiger partial charge >= 0.3 is 0 Å². The second-order valence-corrected chi connectivity index (χ2v) is 7.01. The first-order valence-electron chi connectivity index (χ1n) is 9.42. The number of benzene rings is 3. The lowest BCUT2D eigenvalue weighted by atomic mass is 9.89. The minimum Gasteiger partial charge on any atom is -0.363 e. The van der Waals surface area contributed by atoms with Crippen LogP contribution in [0, 0.1) is 22.7 Å². The molecule has 30 heavy (non-hydrogen) atoms. The van der Waals surface area contributed by atoms with Crippen LogP contribution in [0.1, 0.15) is 18.1 Å². The van der Waals surface area contributed by atoms with E-state index in [0.29, 0.717) is 16.8 Å². The Morgan fingerprint density at radius 2 is 1.63 bits per heavy atom. The molecule has 0 amide bonds. The number of nitrogens with zero attached hydrogens (tertiary/aromatic N) is 3. The monoisotopic (exact) mass is 390 g/mol. The van der Waals surface area contributed by atoms with E-state index < -0.39 is 5.72 Å². The molecule has 1 atom stereocenters. The van der Waals surface area contributed by atoms with E-state index in [-0.39, 0.29) is 11.4 Å². The van der Waals surface area contributed by atoms with E-state index in [9.17, 15) is 15.6 Å². The third-order valence-electron chi connectivity index (χ3n) is 5.10. The maximum absolute atomic E-state index is 11.8. The van der Waals surface area contributed by atoms with Crippen LogP contribution in [0.25, 0.3) is 16.8 Å². The predicted molar refractivity (Wildman–Crippen MR) is 117 cm³/mol. The van der Waals surface area contributed by atoms with Gasteiger partial charge in [-0.3, -0.25) is 0 Å². The van der Waals surface area contributed by atoms with E-state index in [1.54, 1.807) is 31.2 Å². The van der Waals surface area contributed by atoms with Gasteiger partial charge in [0.2, 0.25) is 0 Å². The number of nitriles is 2. The highest BCUT2D eigenvalue weighted by atomic mass is 16.3. The highest BCUT2D eigenvalue weighted by Gasteiger charge is 2.38. The minimum atomic E-state index is -1.73. The molecule has 144 valence electrons. The van der Waals surface area contributed by atoms with Crippen molar-refractivity contribution in [2.24, 2.45) is 4.99 Å². The van der Waals surface area contributed by atoms with Crippen LogP contribution in [0.4, 0.5) is 0 Å². The van der Waals surface area contributed by atoms with Crippen molar-refractivity contribution in [1.29, 1.82) is 10.5 Å². The topological polar surface area (TPSA) is 92.2 Å². The zero-order chi connectivity index (χ0) is 21.1. The molecule has 0 radical (unpaired) electrons. The number of fused-ring (bicyclic) bond motifs is 1. The molecular weight excluding hydrogens is 372 g/mol. The van der Waals surface area contributed by atoms with Crippen LogP contribution in [-0.2, 0) is 5.72 Å². The van der Waals surface area contributed by atoms with Gasteiger partial charge in [-0.15, -0.1) is 0 Å². The van der Waals surface area contributed by atoms with Crippen LogP contribution in [0.3, 0.4) is 0 Å². The van der Waals surface area contributed by atoms with Crippen molar-refractivity contribution in [3.05, 3.63) is 101 Å². The summed E-state index contributed by atoms with van der Waals surface area (Å²) in [6.45, 7) is 1.72. The van der Waals surface area contributed by atoms with E-state index in [2.05, 4.69) is 10.3 Å². The first-order valence-corrected chi connectivity index (χ1v) is 9.42. The average Bonchev–Trinajstić information content (AvgIpc) is 2.89. The number of aliphatic imine (C=N–C) groups is 1. The minimum absolute atomic E-state index is 0.0636. The van der Waals surface area contributed by atoms with Gasteiger partial charge in [-0.1, -0.05) is 66.7 Å². The van der Waals surface area contributed by atoms with Gasteiger partial charge in [-0.2, -0.15) is 10.5 Å². The molecule has 3 aromatic carbocycles. The summed E-state index contributed by atoms with van der Waals surface area (Å²) in [7, 11) is 0. The Hall–Kier alpha value is -4.19. The van der Waals surface area contributed by atoms with Gasteiger partial charge in [-0.05, 0) is 35.4 Å². The van der Waals surface area contributed by atoms with Crippen LogP contribution < -0.4 is 5.32 Å². The zero-order valence-corrected chi connectivity index (χ0v) is 16.3. The van der Waals surface area contributed by atoms with Gasteiger partial charge in [0.1, 0.15) is 12.1 Å². The maximum atomic E-state index is 11.8. The fourth-order valence-corrected chi connectivity index (χ4v) is 3.60.